The molecule has 142 valence electrons. The van der Waals surface area contributed by atoms with Crippen LogP contribution >= 0.6 is 24.0 Å². The lowest BCUT2D eigenvalue weighted by Crippen LogP contribution is -2.38. The first kappa shape index (κ1) is 22.3. The highest BCUT2D eigenvalue weighted by atomic mass is 127. The summed E-state index contributed by atoms with van der Waals surface area (Å²) in [6.45, 7) is 3.16. The summed E-state index contributed by atoms with van der Waals surface area (Å²) in [5.74, 6) is -0.142. The van der Waals surface area contributed by atoms with Crippen LogP contribution in [-0.4, -0.2) is 36.1 Å². The SMILES string of the molecule is CCNC(=NCC(O)c1ccccc1F)N(C)Cc1ccc(F)cc1.I. The van der Waals surface area contributed by atoms with Gasteiger partial charge in [-0.2, -0.15) is 0 Å². The van der Waals surface area contributed by atoms with E-state index in [2.05, 4.69) is 10.3 Å². The molecule has 0 saturated carbocycles. The summed E-state index contributed by atoms with van der Waals surface area (Å²) in [5, 5.41) is 13.3. The molecule has 2 aromatic carbocycles. The maximum absolute atomic E-state index is 13.7. The molecular formula is C19H24F2IN3O. The molecule has 0 aromatic heterocycles. The van der Waals surface area contributed by atoms with Crippen molar-refractivity contribution in [2.45, 2.75) is 19.6 Å². The van der Waals surface area contributed by atoms with Crippen molar-refractivity contribution in [1.29, 1.82) is 0 Å². The number of guanidine groups is 1. The standard InChI is InChI=1S/C19H23F2N3O.HI/c1-3-22-19(24(2)13-14-8-10-15(20)11-9-14)23-12-18(25)16-6-4-5-7-17(16)21;/h4-11,18,25H,3,12-13H2,1-2H3,(H,22,23);1H. The van der Waals surface area contributed by atoms with E-state index in [1.165, 1.54) is 18.2 Å². The number of aliphatic hydroxyl groups is 1. The Bertz CT molecular complexity index is 710. The number of halogens is 3. The summed E-state index contributed by atoms with van der Waals surface area (Å²) in [6, 6.07) is 12.4. The number of aliphatic imine (C=N–C) groups is 1. The van der Waals surface area contributed by atoms with Crippen LogP contribution in [0.1, 0.15) is 24.2 Å². The fourth-order valence-corrected chi connectivity index (χ4v) is 2.42. The second-order valence-electron chi connectivity index (χ2n) is 5.71. The van der Waals surface area contributed by atoms with Gasteiger partial charge in [-0.15, -0.1) is 24.0 Å². The first-order valence-corrected chi connectivity index (χ1v) is 8.17. The largest absolute Gasteiger partial charge is 0.386 e. The molecule has 26 heavy (non-hydrogen) atoms. The highest BCUT2D eigenvalue weighted by molar-refractivity contribution is 14.0. The lowest BCUT2D eigenvalue weighted by atomic mass is 10.1. The Morgan fingerprint density at radius 3 is 2.42 bits per heavy atom. The van der Waals surface area contributed by atoms with E-state index in [1.807, 2.05) is 18.9 Å². The zero-order chi connectivity index (χ0) is 18.2. The van der Waals surface area contributed by atoms with E-state index in [9.17, 15) is 13.9 Å². The summed E-state index contributed by atoms with van der Waals surface area (Å²) >= 11 is 0. The highest BCUT2D eigenvalue weighted by Gasteiger charge is 2.13. The van der Waals surface area contributed by atoms with Crippen molar-refractivity contribution < 1.29 is 13.9 Å². The Morgan fingerprint density at radius 2 is 1.81 bits per heavy atom. The molecule has 4 nitrogen and oxygen atoms in total. The minimum Gasteiger partial charge on any atom is -0.386 e. The Hall–Kier alpha value is -1.74. The van der Waals surface area contributed by atoms with Gasteiger partial charge in [-0.3, -0.25) is 4.99 Å². The van der Waals surface area contributed by atoms with Crippen molar-refractivity contribution in [3.05, 3.63) is 71.3 Å². The van der Waals surface area contributed by atoms with Crippen LogP contribution in [0.3, 0.4) is 0 Å². The van der Waals surface area contributed by atoms with E-state index < -0.39 is 11.9 Å². The molecule has 1 atom stereocenters. The van der Waals surface area contributed by atoms with E-state index >= 15 is 0 Å². The molecule has 0 aliphatic carbocycles. The van der Waals surface area contributed by atoms with Crippen molar-refractivity contribution in [3.63, 3.8) is 0 Å². The van der Waals surface area contributed by atoms with Crippen LogP contribution in [0.5, 0.6) is 0 Å². The average molecular weight is 475 g/mol. The molecule has 0 heterocycles. The third kappa shape index (κ3) is 6.53. The monoisotopic (exact) mass is 475 g/mol. The molecule has 0 radical (unpaired) electrons. The van der Waals surface area contributed by atoms with Crippen LogP contribution in [0.4, 0.5) is 8.78 Å². The molecule has 1 unspecified atom stereocenters. The van der Waals surface area contributed by atoms with Crippen LogP contribution in [0.25, 0.3) is 0 Å². The van der Waals surface area contributed by atoms with Gasteiger partial charge in [0.25, 0.3) is 0 Å². The van der Waals surface area contributed by atoms with Crippen LogP contribution in [0, 0.1) is 11.6 Å². The van der Waals surface area contributed by atoms with E-state index in [1.54, 1.807) is 30.3 Å². The Balaban J connectivity index is 0.00000338. The van der Waals surface area contributed by atoms with Crippen LogP contribution in [-0.2, 0) is 6.54 Å². The topological polar surface area (TPSA) is 47.9 Å². The zero-order valence-electron chi connectivity index (χ0n) is 14.8. The molecule has 0 spiro atoms. The lowest BCUT2D eigenvalue weighted by molar-refractivity contribution is 0.181. The number of rotatable bonds is 6. The van der Waals surface area contributed by atoms with Gasteiger partial charge in [0, 0.05) is 25.7 Å². The minimum absolute atomic E-state index is 0. The van der Waals surface area contributed by atoms with E-state index in [0.29, 0.717) is 19.0 Å². The second kappa shape index (κ2) is 11.1. The Labute approximate surface area is 170 Å². The molecule has 0 amide bonds. The predicted octanol–water partition coefficient (Wildman–Crippen LogP) is 3.71. The molecule has 2 rings (SSSR count). The minimum atomic E-state index is -1.02. The Morgan fingerprint density at radius 1 is 1.15 bits per heavy atom. The molecule has 0 fully saturated rings. The van der Waals surface area contributed by atoms with Crippen molar-refractivity contribution in [2.75, 3.05) is 20.1 Å². The molecule has 0 bridgehead atoms. The fraction of sp³-hybridized carbons (Fsp3) is 0.316. The smallest absolute Gasteiger partial charge is 0.194 e. The van der Waals surface area contributed by atoms with Gasteiger partial charge in [-0.25, -0.2) is 8.78 Å². The number of nitrogens with zero attached hydrogens (tertiary/aromatic N) is 2. The van der Waals surface area contributed by atoms with Crippen molar-refractivity contribution >= 4 is 29.9 Å². The van der Waals surface area contributed by atoms with Gasteiger partial charge in [-0.1, -0.05) is 30.3 Å². The van der Waals surface area contributed by atoms with Gasteiger partial charge in [0.2, 0.25) is 0 Å². The number of hydrogen-bond donors (Lipinski definition) is 2. The van der Waals surface area contributed by atoms with Crippen molar-refractivity contribution in [1.82, 2.24) is 10.2 Å². The summed E-state index contributed by atoms with van der Waals surface area (Å²) in [5.41, 5.74) is 1.16. The van der Waals surface area contributed by atoms with E-state index in [0.717, 1.165) is 5.56 Å². The third-order valence-corrected chi connectivity index (χ3v) is 3.71. The normalized spacial score (nSPS) is 12.3. The molecule has 2 aromatic rings. The summed E-state index contributed by atoms with van der Waals surface area (Å²) in [6.07, 6.45) is -1.02. The maximum atomic E-state index is 13.7. The van der Waals surface area contributed by atoms with E-state index in [4.69, 9.17) is 0 Å². The average Bonchev–Trinajstić information content (AvgIpc) is 2.60. The number of hydrogen-bond acceptors (Lipinski definition) is 2. The first-order chi connectivity index (χ1) is 12.0. The summed E-state index contributed by atoms with van der Waals surface area (Å²) in [4.78, 5) is 6.25. The molecule has 0 aliphatic heterocycles. The molecule has 0 saturated heterocycles. The summed E-state index contributed by atoms with van der Waals surface area (Å²) < 4.78 is 26.7. The zero-order valence-corrected chi connectivity index (χ0v) is 17.2. The van der Waals surface area contributed by atoms with Crippen molar-refractivity contribution in [3.8, 4) is 0 Å². The van der Waals surface area contributed by atoms with Gasteiger partial charge >= 0.3 is 0 Å². The summed E-state index contributed by atoms with van der Waals surface area (Å²) in [7, 11) is 1.85. The number of aliphatic hydroxyl groups excluding tert-OH is 1. The van der Waals surface area contributed by atoms with Gasteiger partial charge in [-0.05, 0) is 30.7 Å². The quantitative estimate of drug-likeness (QED) is 0.381. The van der Waals surface area contributed by atoms with Gasteiger partial charge < -0.3 is 15.3 Å². The second-order valence-corrected chi connectivity index (χ2v) is 5.71. The molecule has 0 aliphatic rings. The molecular weight excluding hydrogens is 451 g/mol. The highest BCUT2D eigenvalue weighted by Crippen LogP contribution is 2.17. The van der Waals surface area contributed by atoms with Gasteiger partial charge in [0.15, 0.2) is 5.96 Å². The van der Waals surface area contributed by atoms with Crippen LogP contribution < -0.4 is 5.32 Å². The predicted molar refractivity (Wildman–Crippen MR) is 111 cm³/mol. The van der Waals surface area contributed by atoms with Crippen molar-refractivity contribution in [2.24, 2.45) is 4.99 Å². The molecule has 2 N–H and O–H groups in total. The Kier molecular flexibility index (Phi) is 9.50. The first-order valence-electron chi connectivity index (χ1n) is 8.17. The maximum Gasteiger partial charge on any atom is 0.194 e. The van der Waals surface area contributed by atoms with Gasteiger partial charge in [0.05, 0.1) is 6.54 Å². The van der Waals surface area contributed by atoms with Crippen LogP contribution in [0.15, 0.2) is 53.5 Å². The van der Waals surface area contributed by atoms with E-state index in [-0.39, 0.29) is 41.9 Å². The fourth-order valence-electron chi connectivity index (χ4n) is 2.42. The molecule has 7 heteroatoms. The number of benzene rings is 2. The lowest BCUT2D eigenvalue weighted by Gasteiger charge is -2.22. The third-order valence-electron chi connectivity index (χ3n) is 3.71. The number of nitrogens with one attached hydrogen (secondary N) is 1. The van der Waals surface area contributed by atoms with Gasteiger partial charge in [0.1, 0.15) is 17.7 Å². The van der Waals surface area contributed by atoms with Crippen LogP contribution in [0.2, 0.25) is 0 Å².